The smallest absolute Gasteiger partial charge is 0.260 e. The van der Waals surface area contributed by atoms with Crippen LogP contribution in [0.2, 0.25) is 0 Å². The third-order valence-corrected chi connectivity index (χ3v) is 9.46. The van der Waals surface area contributed by atoms with Crippen LogP contribution in [0.4, 0.5) is 5.13 Å². The molecule has 1 amide bonds. The van der Waals surface area contributed by atoms with Gasteiger partial charge in [0, 0.05) is 18.7 Å². The average Bonchev–Trinajstić information content (AvgIpc) is 3.54. The van der Waals surface area contributed by atoms with Crippen molar-refractivity contribution in [3.63, 3.8) is 0 Å². The number of anilines is 1. The van der Waals surface area contributed by atoms with Crippen LogP contribution in [0.1, 0.15) is 41.1 Å². The summed E-state index contributed by atoms with van der Waals surface area (Å²) in [5, 5.41) is 0.554. The largest absolute Gasteiger partial charge is 0.467 e. The molecule has 4 aromatic rings. The molecule has 1 saturated heterocycles. The molecule has 37 heavy (non-hydrogen) atoms. The van der Waals surface area contributed by atoms with Crippen LogP contribution in [0.5, 0.6) is 0 Å². The van der Waals surface area contributed by atoms with Crippen molar-refractivity contribution in [2.24, 2.45) is 0 Å². The van der Waals surface area contributed by atoms with Crippen molar-refractivity contribution in [1.29, 1.82) is 0 Å². The first-order valence-corrected chi connectivity index (χ1v) is 14.4. The minimum atomic E-state index is -3.71. The number of thiazole rings is 1. The Morgan fingerprint density at radius 1 is 1.08 bits per heavy atom. The van der Waals surface area contributed by atoms with Gasteiger partial charge in [-0.2, -0.15) is 4.31 Å². The molecule has 2 aromatic heterocycles. The number of fused-ring (bicyclic) bond motifs is 1. The summed E-state index contributed by atoms with van der Waals surface area (Å²) in [5.74, 6) is 0.331. The quantitative estimate of drug-likeness (QED) is 0.336. The SMILES string of the molecule is Cc1ccc2sc(N(Cc3ccco3)C(=O)c3ccc(S(=O)(=O)N4CC(C)OC(C)C4)cc3)nc2c1C. The topological polar surface area (TPSA) is 93.0 Å². The number of rotatable bonds is 6. The molecule has 1 aliphatic heterocycles. The van der Waals surface area contributed by atoms with Gasteiger partial charge < -0.3 is 9.15 Å². The monoisotopic (exact) mass is 539 g/mol. The lowest BCUT2D eigenvalue weighted by atomic mass is 10.1. The fourth-order valence-corrected chi connectivity index (χ4v) is 7.13. The Morgan fingerprint density at radius 3 is 2.43 bits per heavy atom. The molecule has 5 rings (SSSR count). The van der Waals surface area contributed by atoms with E-state index in [2.05, 4.69) is 0 Å². The molecule has 1 fully saturated rings. The van der Waals surface area contributed by atoms with Crippen molar-refractivity contribution in [2.75, 3.05) is 18.0 Å². The number of amides is 1. The average molecular weight is 540 g/mol. The van der Waals surface area contributed by atoms with Crippen LogP contribution in [0, 0.1) is 13.8 Å². The van der Waals surface area contributed by atoms with Crippen molar-refractivity contribution in [3.05, 3.63) is 77.2 Å². The van der Waals surface area contributed by atoms with Gasteiger partial charge >= 0.3 is 0 Å². The molecule has 0 radical (unpaired) electrons. The predicted octanol–water partition coefficient (Wildman–Crippen LogP) is 5.15. The number of hydrogen-bond acceptors (Lipinski definition) is 7. The predicted molar refractivity (Wildman–Crippen MR) is 144 cm³/mol. The highest BCUT2D eigenvalue weighted by Crippen LogP contribution is 2.33. The molecule has 2 aromatic carbocycles. The van der Waals surface area contributed by atoms with Crippen molar-refractivity contribution < 1.29 is 22.4 Å². The third kappa shape index (κ3) is 5.06. The Hall–Kier alpha value is -3.05. The number of carbonyl (C=O) groups excluding carboxylic acids is 1. The van der Waals surface area contributed by atoms with Crippen molar-refractivity contribution in [1.82, 2.24) is 9.29 Å². The zero-order valence-corrected chi connectivity index (χ0v) is 22.8. The lowest BCUT2D eigenvalue weighted by Crippen LogP contribution is -2.48. The summed E-state index contributed by atoms with van der Waals surface area (Å²) in [6, 6.07) is 13.7. The maximum Gasteiger partial charge on any atom is 0.260 e. The normalized spacial score (nSPS) is 18.8. The fourth-order valence-electron chi connectivity index (χ4n) is 4.52. The van der Waals surface area contributed by atoms with E-state index in [9.17, 15) is 13.2 Å². The van der Waals surface area contributed by atoms with Gasteiger partial charge in [0.2, 0.25) is 10.0 Å². The number of aryl methyl sites for hydroxylation is 2. The van der Waals surface area contributed by atoms with E-state index in [1.54, 1.807) is 29.4 Å². The van der Waals surface area contributed by atoms with E-state index in [1.165, 1.54) is 27.8 Å². The van der Waals surface area contributed by atoms with Crippen LogP contribution in [0.15, 0.2) is 64.1 Å². The van der Waals surface area contributed by atoms with Gasteiger partial charge in [0.05, 0.1) is 40.1 Å². The molecule has 3 heterocycles. The standard InChI is InChI=1S/C27H29N3O5S2/c1-17-7-12-24-25(20(17)4)28-27(36-24)30(16-22-6-5-13-34-22)26(31)21-8-10-23(11-9-21)37(32,33)29-14-18(2)35-19(3)15-29/h5-13,18-19H,14-16H2,1-4H3. The Balaban J connectivity index is 1.46. The van der Waals surface area contributed by atoms with E-state index in [0.717, 1.165) is 21.3 Å². The maximum absolute atomic E-state index is 13.7. The van der Waals surface area contributed by atoms with E-state index >= 15 is 0 Å². The third-order valence-electron chi connectivity index (χ3n) is 6.57. The first-order valence-electron chi connectivity index (χ1n) is 12.1. The van der Waals surface area contributed by atoms with Gasteiger partial charge in [0.1, 0.15) is 5.76 Å². The van der Waals surface area contributed by atoms with Gasteiger partial charge in [-0.05, 0) is 81.3 Å². The molecule has 2 atom stereocenters. The molecule has 2 unspecified atom stereocenters. The van der Waals surface area contributed by atoms with Gasteiger partial charge in [-0.3, -0.25) is 9.69 Å². The van der Waals surface area contributed by atoms with Gasteiger partial charge in [-0.1, -0.05) is 17.4 Å². The summed E-state index contributed by atoms with van der Waals surface area (Å²) < 4.78 is 40.1. The zero-order chi connectivity index (χ0) is 26.3. The molecule has 1 aliphatic rings. The number of carbonyl (C=O) groups is 1. The number of nitrogens with zero attached hydrogens (tertiary/aromatic N) is 3. The summed E-state index contributed by atoms with van der Waals surface area (Å²) >= 11 is 1.44. The van der Waals surface area contributed by atoms with Crippen LogP contribution >= 0.6 is 11.3 Å². The van der Waals surface area contributed by atoms with Crippen LogP contribution in [-0.4, -0.2) is 48.9 Å². The number of sulfonamides is 1. The number of ether oxygens (including phenoxy) is 1. The second-order valence-electron chi connectivity index (χ2n) is 9.43. The van der Waals surface area contributed by atoms with Gasteiger partial charge in [0.25, 0.3) is 5.91 Å². The minimum absolute atomic E-state index is 0.147. The number of morpholine rings is 1. The minimum Gasteiger partial charge on any atom is -0.467 e. The Labute approximate surface area is 220 Å². The molecule has 0 spiro atoms. The number of benzene rings is 2. The molecule has 10 heteroatoms. The highest BCUT2D eigenvalue weighted by atomic mass is 32.2. The summed E-state index contributed by atoms with van der Waals surface area (Å²) in [7, 11) is -3.71. The van der Waals surface area contributed by atoms with E-state index < -0.39 is 10.0 Å². The van der Waals surface area contributed by atoms with Crippen molar-refractivity contribution >= 4 is 42.6 Å². The summed E-state index contributed by atoms with van der Waals surface area (Å²) in [5.41, 5.74) is 3.44. The number of aromatic nitrogens is 1. The first-order chi connectivity index (χ1) is 17.6. The highest BCUT2D eigenvalue weighted by Gasteiger charge is 2.32. The van der Waals surface area contributed by atoms with Gasteiger partial charge in [0.15, 0.2) is 5.13 Å². The van der Waals surface area contributed by atoms with Crippen LogP contribution in [-0.2, 0) is 21.3 Å². The van der Waals surface area contributed by atoms with E-state index in [-0.39, 0.29) is 29.6 Å². The van der Waals surface area contributed by atoms with E-state index in [0.29, 0.717) is 29.5 Å². The summed E-state index contributed by atoms with van der Waals surface area (Å²) in [6.45, 7) is 8.56. The van der Waals surface area contributed by atoms with Crippen LogP contribution in [0.25, 0.3) is 10.2 Å². The Kier molecular flexibility index (Phi) is 6.93. The lowest BCUT2D eigenvalue weighted by molar-refractivity contribution is -0.0440. The van der Waals surface area contributed by atoms with Crippen molar-refractivity contribution in [3.8, 4) is 0 Å². The molecule has 0 bridgehead atoms. The second kappa shape index (κ2) is 10.0. The molecular formula is C27H29N3O5S2. The Bertz CT molecular complexity index is 1520. The molecule has 0 N–H and O–H groups in total. The molecule has 0 saturated carbocycles. The number of furan rings is 1. The highest BCUT2D eigenvalue weighted by molar-refractivity contribution is 7.89. The maximum atomic E-state index is 13.7. The van der Waals surface area contributed by atoms with Crippen LogP contribution in [0.3, 0.4) is 0 Å². The number of hydrogen-bond donors (Lipinski definition) is 0. The lowest BCUT2D eigenvalue weighted by Gasteiger charge is -2.34. The first kappa shape index (κ1) is 25.6. The Morgan fingerprint density at radius 2 is 1.78 bits per heavy atom. The summed E-state index contributed by atoms with van der Waals surface area (Å²) in [6.07, 6.45) is 1.20. The van der Waals surface area contributed by atoms with Crippen molar-refractivity contribution in [2.45, 2.75) is 51.3 Å². The molecule has 0 aliphatic carbocycles. The molecular weight excluding hydrogens is 510 g/mol. The van der Waals surface area contributed by atoms with Gasteiger partial charge in [-0.25, -0.2) is 13.4 Å². The van der Waals surface area contributed by atoms with Crippen LogP contribution < -0.4 is 4.90 Å². The fraction of sp³-hybridized carbons (Fsp3) is 0.333. The molecule has 194 valence electrons. The second-order valence-corrected chi connectivity index (χ2v) is 12.4. The summed E-state index contributed by atoms with van der Waals surface area (Å²) in [4.78, 5) is 20.2. The molecule has 8 nitrogen and oxygen atoms in total. The van der Waals surface area contributed by atoms with Gasteiger partial charge in [-0.15, -0.1) is 0 Å². The van der Waals surface area contributed by atoms with E-state index in [1.807, 2.05) is 45.9 Å². The zero-order valence-electron chi connectivity index (χ0n) is 21.2. The van der Waals surface area contributed by atoms with E-state index in [4.69, 9.17) is 14.1 Å².